The van der Waals surface area contributed by atoms with Crippen LogP contribution in [0.5, 0.6) is 0 Å². The van der Waals surface area contributed by atoms with Gasteiger partial charge in [-0.2, -0.15) is 0 Å². The minimum atomic E-state index is -0.308. The van der Waals surface area contributed by atoms with E-state index in [-0.39, 0.29) is 11.7 Å². The zero-order valence-electron chi connectivity index (χ0n) is 13.5. The number of carbonyl (C=O) groups excluding carboxylic acids is 1. The number of aromatic nitrogens is 2. The van der Waals surface area contributed by atoms with Gasteiger partial charge in [-0.05, 0) is 37.2 Å². The molecule has 1 saturated heterocycles. The van der Waals surface area contributed by atoms with E-state index in [2.05, 4.69) is 20.5 Å². The van der Waals surface area contributed by atoms with E-state index in [1.165, 1.54) is 18.3 Å². The number of carbonyl (C=O) groups is 1. The van der Waals surface area contributed by atoms with Gasteiger partial charge in [0, 0.05) is 38.4 Å². The van der Waals surface area contributed by atoms with Crippen molar-refractivity contribution >= 4 is 5.91 Å². The average molecular weight is 331 g/mol. The van der Waals surface area contributed by atoms with E-state index < -0.39 is 0 Å². The van der Waals surface area contributed by atoms with Gasteiger partial charge in [-0.15, -0.1) is 0 Å². The molecule has 7 heteroatoms. The molecule has 1 aromatic heterocycles. The summed E-state index contributed by atoms with van der Waals surface area (Å²) in [5, 5.41) is 6.25. The molecule has 3 rings (SSSR count). The van der Waals surface area contributed by atoms with Gasteiger partial charge in [0.05, 0.1) is 12.5 Å². The summed E-state index contributed by atoms with van der Waals surface area (Å²) in [5.41, 5.74) is 1.16. The predicted octanol–water partition coefficient (Wildman–Crippen LogP) is 1.04. The Labute approximate surface area is 140 Å². The molecule has 0 aliphatic carbocycles. The van der Waals surface area contributed by atoms with E-state index in [1.54, 1.807) is 23.0 Å². The number of piperazine rings is 1. The number of hydrogen-bond donors (Lipinski definition) is 2. The number of nitrogens with zero attached hydrogens (tertiary/aromatic N) is 3. The van der Waals surface area contributed by atoms with E-state index in [1.807, 2.05) is 0 Å². The Morgan fingerprint density at radius 1 is 1.25 bits per heavy atom. The van der Waals surface area contributed by atoms with Crippen LogP contribution in [0, 0.1) is 5.82 Å². The molecule has 2 aromatic rings. The molecule has 6 nitrogen and oxygen atoms in total. The number of amides is 1. The monoisotopic (exact) mass is 331 g/mol. The molecular formula is C17H22FN5O. The number of imidazole rings is 1. The summed E-state index contributed by atoms with van der Waals surface area (Å²) in [6.45, 7) is 5.79. The molecular weight excluding hydrogens is 309 g/mol. The topological polar surface area (TPSA) is 62.2 Å². The first-order valence-electron chi connectivity index (χ1n) is 8.23. The van der Waals surface area contributed by atoms with Gasteiger partial charge < -0.3 is 15.5 Å². The van der Waals surface area contributed by atoms with Crippen molar-refractivity contribution < 1.29 is 9.18 Å². The third kappa shape index (κ3) is 4.18. The molecule has 0 spiro atoms. The standard InChI is InChI=1S/C17H22FN5O/c18-14-2-4-15(5-3-14)23-13-20-12-16(23)17(24)21-6-1-9-22-10-7-19-8-11-22/h2-5,12-13,19H,1,6-11H2,(H,21,24). The molecule has 1 aromatic carbocycles. The molecule has 0 radical (unpaired) electrons. The zero-order chi connectivity index (χ0) is 16.8. The highest BCUT2D eigenvalue weighted by atomic mass is 19.1. The van der Waals surface area contributed by atoms with Crippen LogP contribution >= 0.6 is 0 Å². The van der Waals surface area contributed by atoms with Gasteiger partial charge >= 0.3 is 0 Å². The lowest BCUT2D eigenvalue weighted by Crippen LogP contribution is -2.44. The molecule has 0 saturated carbocycles. The van der Waals surface area contributed by atoms with Gasteiger partial charge in [0.2, 0.25) is 0 Å². The Balaban J connectivity index is 1.52. The fourth-order valence-corrected chi connectivity index (χ4v) is 2.80. The van der Waals surface area contributed by atoms with Crippen LogP contribution in [0.4, 0.5) is 4.39 Å². The molecule has 2 heterocycles. The minimum absolute atomic E-state index is 0.169. The van der Waals surface area contributed by atoms with Crippen molar-refractivity contribution in [3.8, 4) is 5.69 Å². The molecule has 1 fully saturated rings. The van der Waals surface area contributed by atoms with Gasteiger partial charge in [-0.3, -0.25) is 9.36 Å². The highest BCUT2D eigenvalue weighted by Crippen LogP contribution is 2.12. The van der Waals surface area contributed by atoms with Crippen LogP contribution in [-0.2, 0) is 0 Å². The Hall–Kier alpha value is -2.25. The third-order valence-corrected chi connectivity index (χ3v) is 4.12. The first-order valence-corrected chi connectivity index (χ1v) is 8.23. The second-order valence-corrected chi connectivity index (χ2v) is 5.83. The Bertz CT molecular complexity index is 664. The summed E-state index contributed by atoms with van der Waals surface area (Å²) in [6.07, 6.45) is 3.99. The van der Waals surface area contributed by atoms with Crippen molar-refractivity contribution in [3.05, 3.63) is 48.3 Å². The van der Waals surface area contributed by atoms with Gasteiger partial charge in [0.25, 0.3) is 5.91 Å². The quantitative estimate of drug-likeness (QED) is 0.777. The van der Waals surface area contributed by atoms with E-state index in [4.69, 9.17) is 0 Å². The van der Waals surface area contributed by atoms with Crippen LogP contribution in [0.3, 0.4) is 0 Å². The summed E-state index contributed by atoms with van der Waals surface area (Å²) >= 11 is 0. The van der Waals surface area contributed by atoms with Crippen LogP contribution in [0.2, 0.25) is 0 Å². The Morgan fingerprint density at radius 3 is 2.75 bits per heavy atom. The Morgan fingerprint density at radius 2 is 2.00 bits per heavy atom. The Kier molecular flexibility index (Phi) is 5.55. The summed E-state index contributed by atoms with van der Waals surface area (Å²) in [4.78, 5) is 18.8. The van der Waals surface area contributed by atoms with Gasteiger partial charge in [0.15, 0.2) is 0 Å². The summed E-state index contributed by atoms with van der Waals surface area (Å²) in [7, 11) is 0. The number of hydrogen-bond acceptors (Lipinski definition) is 4. The molecule has 2 N–H and O–H groups in total. The van der Waals surface area contributed by atoms with Crippen LogP contribution < -0.4 is 10.6 Å². The molecule has 0 unspecified atom stereocenters. The molecule has 0 bridgehead atoms. The first kappa shape index (κ1) is 16.6. The maximum absolute atomic E-state index is 13.0. The number of halogens is 1. The third-order valence-electron chi connectivity index (χ3n) is 4.12. The van der Waals surface area contributed by atoms with Crippen LogP contribution in [-0.4, -0.2) is 59.6 Å². The largest absolute Gasteiger partial charge is 0.351 e. The average Bonchev–Trinajstić information content (AvgIpc) is 3.10. The molecule has 128 valence electrons. The zero-order valence-corrected chi connectivity index (χ0v) is 13.5. The van der Waals surface area contributed by atoms with Crippen molar-refractivity contribution in [2.45, 2.75) is 6.42 Å². The molecule has 1 aliphatic rings. The molecule has 24 heavy (non-hydrogen) atoms. The highest BCUT2D eigenvalue weighted by Gasteiger charge is 2.13. The predicted molar refractivity (Wildman–Crippen MR) is 89.8 cm³/mol. The second kappa shape index (κ2) is 8.03. The number of rotatable bonds is 6. The lowest BCUT2D eigenvalue weighted by Gasteiger charge is -2.27. The minimum Gasteiger partial charge on any atom is -0.351 e. The van der Waals surface area contributed by atoms with Crippen molar-refractivity contribution in [2.75, 3.05) is 39.3 Å². The maximum Gasteiger partial charge on any atom is 0.269 e. The van der Waals surface area contributed by atoms with Crippen molar-refractivity contribution in [1.29, 1.82) is 0 Å². The maximum atomic E-state index is 13.0. The smallest absolute Gasteiger partial charge is 0.269 e. The first-order chi connectivity index (χ1) is 11.7. The fourth-order valence-electron chi connectivity index (χ4n) is 2.80. The van der Waals surface area contributed by atoms with Gasteiger partial charge in [0.1, 0.15) is 11.5 Å². The van der Waals surface area contributed by atoms with Crippen LogP contribution in [0.25, 0.3) is 5.69 Å². The lowest BCUT2D eigenvalue weighted by molar-refractivity contribution is 0.0944. The van der Waals surface area contributed by atoms with Gasteiger partial charge in [-0.25, -0.2) is 9.37 Å². The van der Waals surface area contributed by atoms with Crippen molar-refractivity contribution in [2.24, 2.45) is 0 Å². The van der Waals surface area contributed by atoms with E-state index in [9.17, 15) is 9.18 Å². The van der Waals surface area contributed by atoms with E-state index in [0.717, 1.165) is 39.1 Å². The highest BCUT2D eigenvalue weighted by molar-refractivity contribution is 5.92. The SMILES string of the molecule is O=C(NCCCN1CCNCC1)c1cncn1-c1ccc(F)cc1. The molecule has 1 amide bonds. The second-order valence-electron chi connectivity index (χ2n) is 5.83. The lowest BCUT2D eigenvalue weighted by atomic mass is 10.3. The van der Waals surface area contributed by atoms with E-state index >= 15 is 0 Å². The fraction of sp³-hybridized carbons (Fsp3) is 0.412. The number of benzene rings is 1. The van der Waals surface area contributed by atoms with Crippen molar-refractivity contribution in [1.82, 2.24) is 25.1 Å². The summed E-state index contributed by atoms with van der Waals surface area (Å²) in [5.74, 6) is -0.477. The molecule has 0 atom stereocenters. The van der Waals surface area contributed by atoms with Crippen molar-refractivity contribution in [3.63, 3.8) is 0 Å². The summed E-state index contributed by atoms with van der Waals surface area (Å²) < 4.78 is 14.7. The number of nitrogens with one attached hydrogen (secondary N) is 2. The van der Waals surface area contributed by atoms with Gasteiger partial charge in [-0.1, -0.05) is 0 Å². The summed E-state index contributed by atoms with van der Waals surface area (Å²) in [6, 6.07) is 5.98. The normalized spacial score (nSPS) is 15.4. The van der Waals surface area contributed by atoms with Crippen LogP contribution in [0.15, 0.2) is 36.8 Å². The van der Waals surface area contributed by atoms with Crippen LogP contribution in [0.1, 0.15) is 16.9 Å². The van der Waals surface area contributed by atoms with E-state index in [0.29, 0.717) is 17.9 Å². The molecule has 1 aliphatic heterocycles.